The van der Waals surface area contributed by atoms with Crippen LogP contribution in [0.2, 0.25) is 0 Å². The number of halogens is 1. The molecule has 1 aromatic carbocycles. The lowest BCUT2D eigenvalue weighted by Gasteiger charge is -2.11. The van der Waals surface area contributed by atoms with Crippen LogP contribution in [0.25, 0.3) is 0 Å². The van der Waals surface area contributed by atoms with Crippen LogP contribution in [0.3, 0.4) is 0 Å². The highest BCUT2D eigenvalue weighted by Crippen LogP contribution is 2.34. The maximum absolute atomic E-state index is 9.88. The topological polar surface area (TPSA) is 29.5 Å². The first-order valence-electron chi connectivity index (χ1n) is 5.69. The van der Waals surface area contributed by atoms with Crippen LogP contribution in [-0.4, -0.2) is 18.3 Å². The molecule has 2 nitrogen and oxygen atoms in total. The summed E-state index contributed by atoms with van der Waals surface area (Å²) < 4.78 is 6.12. The first kappa shape index (κ1) is 11.9. The van der Waals surface area contributed by atoms with Gasteiger partial charge in [-0.2, -0.15) is 0 Å². The molecule has 0 spiro atoms. The summed E-state index contributed by atoms with van der Waals surface area (Å²) in [6.07, 6.45) is 4.07. The van der Waals surface area contributed by atoms with Gasteiger partial charge in [0.2, 0.25) is 0 Å². The molecule has 1 aliphatic rings. The van der Waals surface area contributed by atoms with E-state index in [9.17, 15) is 5.11 Å². The molecule has 16 heavy (non-hydrogen) atoms. The predicted octanol–water partition coefficient (Wildman–Crippen LogP) is 3.16. The van der Waals surface area contributed by atoms with E-state index in [1.54, 1.807) is 7.11 Å². The van der Waals surface area contributed by atoms with Gasteiger partial charge in [-0.15, -0.1) is 0 Å². The van der Waals surface area contributed by atoms with Gasteiger partial charge in [-0.1, -0.05) is 18.9 Å². The molecule has 1 N–H and O–H groups in total. The van der Waals surface area contributed by atoms with E-state index in [0.29, 0.717) is 0 Å². The molecular formula is C13H17BrO2. The number of rotatable bonds is 5. The number of aliphatic hydroxyl groups excluding tert-OH is 1. The molecule has 1 saturated carbocycles. The second kappa shape index (κ2) is 5.19. The van der Waals surface area contributed by atoms with E-state index in [1.807, 2.05) is 18.2 Å². The van der Waals surface area contributed by atoms with Crippen LogP contribution in [-0.2, 0) is 6.42 Å². The molecule has 1 aliphatic carbocycles. The Morgan fingerprint density at radius 1 is 1.50 bits per heavy atom. The molecule has 1 atom stereocenters. The van der Waals surface area contributed by atoms with E-state index in [4.69, 9.17) is 4.74 Å². The third kappa shape index (κ3) is 3.22. The number of ether oxygens (including phenoxy) is 1. The van der Waals surface area contributed by atoms with Crippen molar-refractivity contribution < 1.29 is 9.84 Å². The SMILES string of the molecule is COc1ccc(CC(O)CC2CC2)cc1Br. The zero-order chi connectivity index (χ0) is 11.5. The van der Waals surface area contributed by atoms with Crippen LogP contribution in [0.4, 0.5) is 0 Å². The van der Waals surface area contributed by atoms with Gasteiger partial charge in [0.1, 0.15) is 5.75 Å². The van der Waals surface area contributed by atoms with Crippen molar-refractivity contribution in [2.75, 3.05) is 7.11 Å². The summed E-state index contributed by atoms with van der Waals surface area (Å²) in [6.45, 7) is 0. The van der Waals surface area contributed by atoms with Gasteiger partial charge >= 0.3 is 0 Å². The summed E-state index contributed by atoms with van der Waals surface area (Å²) in [4.78, 5) is 0. The second-order valence-electron chi connectivity index (χ2n) is 4.51. The standard InChI is InChI=1S/C13H17BrO2/c1-16-13-5-4-10(8-12(13)14)7-11(15)6-9-2-3-9/h4-5,8-9,11,15H,2-3,6-7H2,1H3. The van der Waals surface area contributed by atoms with Crippen molar-refractivity contribution in [2.45, 2.75) is 31.8 Å². The monoisotopic (exact) mass is 284 g/mol. The van der Waals surface area contributed by atoms with Gasteiger partial charge in [0.15, 0.2) is 0 Å². The van der Waals surface area contributed by atoms with Gasteiger partial charge in [0, 0.05) is 0 Å². The van der Waals surface area contributed by atoms with E-state index < -0.39 is 0 Å². The third-order valence-electron chi connectivity index (χ3n) is 2.99. The summed E-state index contributed by atoms with van der Waals surface area (Å²) in [7, 11) is 1.65. The van der Waals surface area contributed by atoms with Crippen molar-refractivity contribution in [1.82, 2.24) is 0 Å². The smallest absolute Gasteiger partial charge is 0.133 e. The fraction of sp³-hybridized carbons (Fsp3) is 0.538. The van der Waals surface area contributed by atoms with Gasteiger partial charge < -0.3 is 9.84 Å². The van der Waals surface area contributed by atoms with Crippen LogP contribution in [0.1, 0.15) is 24.8 Å². The Morgan fingerprint density at radius 2 is 2.25 bits per heavy atom. The molecule has 0 bridgehead atoms. The van der Waals surface area contributed by atoms with E-state index in [1.165, 1.54) is 12.8 Å². The fourth-order valence-corrected chi connectivity index (χ4v) is 2.52. The molecule has 1 unspecified atom stereocenters. The highest BCUT2D eigenvalue weighted by Gasteiger charge is 2.24. The normalized spacial score (nSPS) is 17.2. The van der Waals surface area contributed by atoms with E-state index >= 15 is 0 Å². The van der Waals surface area contributed by atoms with Gasteiger partial charge in [0.05, 0.1) is 17.7 Å². The molecule has 2 rings (SSSR count). The van der Waals surface area contributed by atoms with Gasteiger partial charge in [-0.05, 0) is 52.4 Å². The predicted molar refractivity (Wildman–Crippen MR) is 67.7 cm³/mol. The molecule has 0 amide bonds. The molecule has 0 aromatic heterocycles. The largest absolute Gasteiger partial charge is 0.496 e. The molecule has 0 saturated heterocycles. The van der Waals surface area contributed by atoms with Crippen molar-refractivity contribution in [2.24, 2.45) is 5.92 Å². The van der Waals surface area contributed by atoms with Crippen molar-refractivity contribution >= 4 is 15.9 Å². The van der Waals surface area contributed by atoms with Crippen molar-refractivity contribution in [3.63, 3.8) is 0 Å². The average Bonchev–Trinajstić information content (AvgIpc) is 3.01. The van der Waals surface area contributed by atoms with E-state index in [0.717, 1.165) is 34.5 Å². The van der Waals surface area contributed by atoms with Crippen LogP contribution >= 0.6 is 15.9 Å². The molecule has 0 aliphatic heterocycles. The Labute approximate surface area is 105 Å². The lowest BCUT2D eigenvalue weighted by Crippen LogP contribution is -2.11. The summed E-state index contributed by atoms with van der Waals surface area (Å²) in [6, 6.07) is 5.97. The Morgan fingerprint density at radius 3 is 2.81 bits per heavy atom. The highest BCUT2D eigenvalue weighted by atomic mass is 79.9. The minimum Gasteiger partial charge on any atom is -0.496 e. The lowest BCUT2D eigenvalue weighted by atomic mass is 10.0. The second-order valence-corrected chi connectivity index (χ2v) is 5.36. The van der Waals surface area contributed by atoms with Crippen LogP contribution in [0, 0.1) is 5.92 Å². The number of aliphatic hydroxyl groups is 1. The molecule has 88 valence electrons. The van der Waals surface area contributed by atoms with Gasteiger partial charge in [0.25, 0.3) is 0 Å². The quantitative estimate of drug-likeness (QED) is 0.900. The van der Waals surface area contributed by atoms with Crippen molar-refractivity contribution in [1.29, 1.82) is 0 Å². The lowest BCUT2D eigenvalue weighted by molar-refractivity contribution is 0.158. The zero-order valence-electron chi connectivity index (χ0n) is 9.45. The first-order valence-corrected chi connectivity index (χ1v) is 6.49. The van der Waals surface area contributed by atoms with Crippen LogP contribution < -0.4 is 4.74 Å². The van der Waals surface area contributed by atoms with Crippen molar-refractivity contribution in [3.05, 3.63) is 28.2 Å². The highest BCUT2D eigenvalue weighted by molar-refractivity contribution is 9.10. The Kier molecular flexibility index (Phi) is 3.87. The Bertz CT molecular complexity index is 361. The molecule has 1 fully saturated rings. The van der Waals surface area contributed by atoms with Crippen LogP contribution in [0.15, 0.2) is 22.7 Å². The summed E-state index contributed by atoms with van der Waals surface area (Å²) >= 11 is 3.45. The molecular weight excluding hydrogens is 268 g/mol. The van der Waals surface area contributed by atoms with Crippen molar-refractivity contribution in [3.8, 4) is 5.75 Å². The zero-order valence-corrected chi connectivity index (χ0v) is 11.0. The number of hydrogen-bond donors (Lipinski definition) is 1. The van der Waals surface area contributed by atoms with Crippen LogP contribution in [0.5, 0.6) is 5.75 Å². The summed E-state index contributed by atoms with van der Waals surface area (Å²) in [5.74, 6) is 1.61. The van der Waals surface area contributed by atoms with E-state index in [2.05, 4.69) is 15.9 Å². The maximum atomic E-state index is 9.88. The average molecular weight is 285 g/mol. The molecule has 0 radical (unpaired) electrons. The third-order valence-corrected chi connectivity index (χ3v) is 3.61. The Balaban J connectivity index is 1.95. The number of hydrogen-bond acceptors (Lipinski definition) is 2. The molecule has 0 heterocycles. The maximum Gasteiger partial charge on any atom is 0.133 e. The van der Waals surface area contributed by atoms with Gasteiger partial charge in [-0.25, -0.2) is 0 Å². The number of benzene rings is 1. The summed E-state index contributed by atoms with van der Waals surface area (Å²) in [5, 5.41) is 9.88. The minimum atomic E-state index is -0.201. The summed E-state index contributed by atoms with van der Waals surface area (Å²) in [5.41, 5.74) is 1.15. The fourth-order valence-electron chi connectivity index (χ4n) is 1.93. The first-order chi connectivity index (χ1) is 7.69. The molecule has 3 heteroatoms. The Hall–Kier alpha value is -0.540. The minimum absolute atomic E-state index is 0.201. The van der Waals surface area contributed by atoms with E-state index in [-0.39, 0.29) is 6.10 Å². The number of methoxy groups -OCH3 is 1. The molecule has 1 aromatic rings. The van der Waals surface area contributed by atoms with Gasteiger partial charge in [-0.3, -0.25) is 0 Å².